The van der Waals surface area contributed by atoms with Crippen molar-refractivity contribution in [3.8, 4) is 0 Å². The van der Waals surface area contributed by atoms with E-state index >= 15 is 0 Å². The molecule has 1 heterocycles. The number of nitrogens with zero attached hydrogens (tertiary/aromatic N) is 2. The number of carbonyl (C=O) groups excluding carboxylic acids is 2. The third-order valence-corrected chi connectivity index (χ3v) is 1.73. The quantitative estimate of drug-likeness (QED) is 0.355. The average molecular weight is 187 g/mol. The predicted octanol–water partition coefficient (Wildman–Crippen LogP) is -0.797. The van der Waals surface area contributed by atoms with Crippen LogP contribution in [0.2, 0.25) is 0 Å². The van der Waals surface area contributed by atoms with Crippen LogP contribution in [0.4, 0.5) is 4.79 Å². The van der Waals surface area contributed by atoms with E-state index in [-0.39, 0.29) is 6.54 Å². The van der Waals surface area contributed by atoms with Crippen molar-refractivity contribution in [1.29, 1.82) is 0 Å². The Morgan fingerprint density at radius 3 is 2.62 bits per heavy atom. The minimum absolute atomic E-state index is 0.165. The molecule has 0 aromatic carbocycles. The minimum atomic E-state index is -0.570. The lowest BCUT2D eigenvalue weighted by atomic mass is 10.3. The van der Waals surface area contributed by atoms with E-state index in [1.165, 1.54) is 6.92 Å². The summed E-state index contributed by atoms with van der Waals surface area (Å²) >= 11 is 0. The van der Waals surface area contributed by atoms with Crippen LogP contribution in [0, 0.1) is 10.1 Å². The largest absolute Gasteiger partial charge is 0.326 e. The first-order chi connectivity index (χ1) is 6.02. The molecule has 3 amide bonds. The number of hydrogen-bond acceptors (Lipinski definition) is 4. The maximum absolute atomic E-state index is 11.1. The number of rotatable bonds is 3. The van der Waals surface area contributed by atoms with Crippen LogP contribution < -0.4 is 5.32 Å². The van der Waals surface area contributed by atoms with Gasteiger partial charge in [-0.15, -0.1) is 0 Å². The van der Waals surface area contributed by atoms with E-state index < -0.39 is 29.4 Å². The summed E-state index contributed by atoms with van der Waals surface area (Å²) in [5, 5.41) is 12.3. The van der Waals surface area contributed by atoms with Gasteiger partial charge >= 0.3 is 6.03 Å². The number of nitrogens with one attached hydrogen (secondary N) is 1. The standard InChI is InChI=1S/C6H9N3O4/c1-4-5(10)8(6(11)7-4)2-3-9(12)13/h4H,2-3H2,1H3,(H,7,11). The third kappa shape index (κ3) is 1.92. The van der Waals surface area contributed by atoms with Crippen LogP contribution >= 0.6 is 0 Å². The van der Waals surface area contributed by atoms with Gasteiger partial charge in [-0.05, 0) is 6.92 Å². The van der Waals surface area contributed by atoms with Gasteiger partial charge in [-0.3, -0.25) is 19.8 Å². The molecule has 1 fully saturated rings. The average Bonchev–Trinajstić information content (AvgIpc) is 2.24. The Morgan fingerprint density at radius 1 is 1.62 bits per heavy atom. The summed E-state index contributed by atoms with van der Waals surface area (Å²) < 4.78 is 0. The van der Waals surface area contributed by atoms with Crippen molar-refractivity contribution in [3.63, 3.8) is 0 Å². The van der Waals surface area contributed by atoms with Crippen molar-refractivity contribution >= 4 is 11.9 Å². The minimum Gasteiger partial charge on any atom is -0.326 e. The molecule has 7 heteroatoms. The number of nitro groups is 1. The molecule has 0 aromatic heterocycles. The second-order valence-corrected chi connectivity index (χ2v) is 2.72. The molecule has 0 saturated carbocycles. The zero-order chi connectivity index (χ0) is 10.0. The van der Waals surface area contributed by atoms with Crippen LogP contribution in [0.25, 0.3) is 0 Å². The fourth-order valence-electron chi connectivity index (χ4n) is 1.05. The molecule has 0 spiro atoms. The number of amides is 3. The highest BCUT2D eigenvalue weighted by Gasteiger charge is 2.35. The molecule has 1 unspecified atom stereocenters. The van der Waals surface area contributed by atoms with Crippen LogP contribution in [-0.2, 0) is 4.79 Å². The molecule has 0 aliphatic carbocycles. The van der Waals surface area contributed by atoms with Crippen LogP contribution in [0.15, 0.2) is 0 Å². The summed E-state index contributed by atoms with van der Waals surface area (Å²) in [5.41, 5.74) is 0. The van der Waals surface area contributed by atoms with Crippen molar-refractivity contribution in [1.82, 2.24) is 10.2 Å². The molecule has 72 valence electrons. The molecule has 0 radical (unpaired) electrons. The number of urea groups is 1. The molecule has 1 aliphatic rings. The van der Waals surface area contributed by atoms with Crippen molar-refractivity contribution in [2.24, 2.45) is 0 Å². The molecule has 1 saturated heterocycles. The number of hydrogen-bond donors (Lipinski definition) is 1. The molecule has 7 nitrogen and oxygen atoms in total. The molecule has 0 bridgehead atoms. The summed E-state index contributed by atoms with van der Waals surface area (Å²) in [7, 11) is 0. The molecule has 0 aromatic rings. The van der Waals surface area contributed by atoms with Crippen LogP contribution in [0.3, 0.4) is 0 Å². The Kier molecular flexibility index (Phi) is 2.45. The Morgan fingerprint density at radius 2 is 2.23 bits per heavy atom. The highest BCUT2D eigenvalue weighted by molar-refractivity contribution is 6.03. The molecule has 1 atom stereocenters. The first kappa shape index (κ1) is 9.43. The lowest BCUT2D eigenvalue weighted by Crippen LogP contribution is -2.35. The fraction of sp³-hybridized carbons (Fsp3) is 0.667. The van der Waals surface area contributed by atoms with Crippen molar-refractivity contribution in [2.45, 2.75) is 13.0 Å². The van der Waals surface area contributed by atoms with E-state index in [0.717, 1.165) is 4.90 Å². The zero-order valence-electron chi connectivity index (χ0n) is 7.02. The summed E-state index contributed by atoms with van der Waals surface area (Å²) in [6.45, 7) is 0.959. The monoisotopic (exact) mass is 187 g/mol. The number of imide groups is 1. The lowest BCUT2D eigenvalue weighted by Gasteiger charge is -2.08. The van der Waals surface area contributed by atoms with E-state index in [4.69, 9.17) is 0 Å². The Balaban J connectivity index is 2.54. The van der Waals surface area contributed by atoms with Gasteiger partial charge in [-0.1, -0.05) is 0 Å². The lowest BCUT2D eigenvalue weighted by molar-refractivity contribution is -0.479. The smallest absolute Gasteiger partial charge is 0.325 e. The second kappa shape index (κ2) is 3.38. The number of carbonyl (C=O) groups is 2. The topological polar surface area (TPSA) is 92.6 Å². The van der Waals surface area contributed by atoms with Crippen molar-refractivity contribution < 1.29 is 14.5 Å². The summed E-state index contributed by atoms with van der Waals surface area (Å²) in [6.07, 6.45) is 0. The van der Waals surface area contributed by atoms with E-state index in [9.17, 15) is 19.7 Å². The molecular formula is C6H9N3O4. The third-order valence-electron chi connectivity index (χ3n) is 1.73. The fourth-order valence-corrected chi connectivity index (χ4v) is 1.05. The highest BCUT2D eigenvalue weighted by Crippen LogP contribution is 2.04. The van der Waals surface area contributed by atoms with Crippen LogP contribution in [-0.4, -0.2) is 40.9 Å². The van der Waals surface area contributed by atoms with E-state index in [1.54, 1.807) is 0 Å². The van der Waals surface area contributed by atoms with Gasteiger partial charge in [0, 0.05) is 4.92 Å². The van der Waals surface area contributed by atoms with Crippen molar-refractivity contribution in [3.05, 3.63) is 10.1 Å². The van der Waals surface area contributed by atoms with E-state index in [1.807, 2.05) is 0 Å². The van der Waals surface area contributed by atoms with Gasteiger partial charge in [-0.25, -0.2) is 4.79 Å². The molecule has 1 aliphatic heterocycles. The first-order valence-corrected chi connectivity index (χ1v) is 3.76. The van der Waals surface area contributed by atoms with Gasteiger partial charge in [0.15, 0.2) is 0 Å². The van der Waals surface area contributed by atoms with Gasteiger partial charge < -0.3 is 5.32 Å². The zero-order valence-corrected chi connectivity index (χ0v) is 7.02. The van der Waals surface area contributed by atoms with Gasteiger partial charge in [0.1, 0.15) is 6.04 Å². The van der Waals surface area contributed by atoms with Gasteiger partial charge in [0.05, 0.1) is 6.54 Å². The van der Waals surface area contributed by atoms with Crippen LogP contribution in [0.5, 0.6) is 0 Å². The second-order valence-electron chi connectivity index (χ2n) is 2.72. The first-order valence-electron chi connectivity index (χ1n) is 3.76. The molecule has 1 rings (SSSR count). The highest BCUT2D eigenvalue weighted by atomic mass is 16.6. The SMILES string of the molecule is CC1NC(=O)N(CC[N+](=O)[O-])C1=O. The Hall–Kier alpha value is -1.66. The maximum Gasteiger partial charge on any atom is 0.325 e. The van der Waals surface area contributed by atoms with Crippen LogP contribution in [0.1, 0.15) is 6.92 Å². The summed E-state index contributed by atoms with van der Waals surface area (Å²) in [5.74, 6) is -0.410. The molecular weight excluding hydrogens is 178 g/mol. The van der Waals surface area contributed by atoms with E-state index in [0.29, 0.717) is 0 Å². The van der Waals surface area contributed by atoms with Gasteiger partial charge in [0.2, 0.25) is 6.54 Å². The maximum atomic E-state index is 11.1. The Labute approximate surface area is 73.8 Å². The van der Waals surface area contributed by atoms with Crippen molar-refractivity contribution in [2.75, 3.05) is 13.1 Å². The Bertz CT molecular complexity index is 265. The molecule has 1 N–H and O–H groups in total. The normalized spacial score (nSPS) is 21.9. The molecule has 13 heavy (non-hydrogen) atoms. The van der Waals surface area contributed by atoms with E-state index in [2.05, 4.69) is 5.32 Å². The summed E-state index contributed by atoms with van der Waals surface area (Å²) in [6, 6.07) is -1.13. The van der Waals surface area contributed by atoms with Gasteiger partial charge in [-0.2, -0.15) is 0 Å². The predicted molar refractivity (Wildman–Crippen MR) is 41.6 cm³/mol. The van der Waals surface area contributed by atoms with Gasteiger partial charge in [0.25, 0.3) is 5.91 Å². The summed E-state index contributed by atoms with van der Waals surface area (Å²) in [4.78, 5) is 32.4.